The lowest BCUT2D eigenvalue weighted by Crippen LogP contribution is -2.40. The van der Waals surface area contributed by atoms with E-state index in [1.165, 1.54) is 0 Å². The summed E-state index contributed by atoms with van der Waals surface area (Å²) in [5.74, 6) is 1.79. The van der Waals surface area contributed by atoms with Crippen molar-refractivity contribution < 1.29 is 0 Å². The second kappa shape index (κ2) is 8.05. The number of hydrogen-bond donors (Lipinski definition) is 2. The van der Waals surface area contributed by atoms with Crippen LogP contribution in [-0.4, -0.2) is 38.7 Å². The van der Waals surface area contributed by atoms with Crippen molar-refractivity contribution in [3.63, 3.8) is 0 Å². The van der Waals surface area contributed by atoms with Gasteiger partial charge < -0.3 is 16.0 Å². The maximum Gasteiger partial charge on any atom is 0.230 e. The van der Waals surface area contributed by atoms with Crippen LogP contribution in [-0.2, 0) is 6.54 Å². The van der Waals surface area contributed by atoms with Crippen LogP contribution < -0.4 is 16.0 Å². The third-order valence-corrected chi connectivity index (χ3v) is 6.00. The van der Waals surface area contributed by atoms with Gasteiger partial charge in [0, 0.05) is 35.7 Å². The van der Waals surface area contributed by atoms with Gasteiger partial charge in [0.2, 0.25) is 11.9 Å². The van der Waals surface area contributed by atoms with Gasteiger partial charge in [-0.1, -0.05) is 48.0 Å². The van der Waals surface area contributed by atoms with Gasteiger partial charge in [0.1, 0.15) is 0 Å². The van der Waals surface area contributed by atoms with Crippen molar-refractivity contribution in [1.29, 1.82) is 0 Å². The van der Waals surface area contributed by atoms with Crippen LogP contribution in [0.3, 0.4) is 0 Å². The summed E-state index contributed by atoms with van der Waals surface area (Å²) in [6.07, 6.45) is 3.82. The van der Waals surface area contributed by atoms with E-state index in [1.54, 1.807) is 0 Å². The molecule has 0 atom stereocenters. The van der Waals surface area contributed by atoms with Crippen molar-refractivity contribution >= 4 is 33.5 Å². The number of anilines is 2. The molecule has 7 nitrogen and oxygen atoms in total. The van der Waals surface area contributed by atoms with E-state index in [2.05, 4.69) is 51.2 Å². The summed E-state index contributed by atoms with van der Waals surface area (Å²) in [5.41, 5.74) is 9.23. The third kappa shape index (κ3) is 3.84. The Morgan fingerprint density at radius 3 is 2.68 bits per heavy atom. The molecule has 0 unspecified atom stereocenters. The minimum atomic E-state index is 0.272. The number of nitrogens with one attached hydrogen (secondary N) is 1. The summed E-state index contributed by atoms with van der Waals surface area (Å²) in [5, 5.41) is 8.01. The van der Waals surface area contributed by atoms with E-state index in [1.807, 2.05) is 28.9 Å². The standard InChI is InChI=1S/C20H26BrN7/c1-13(2)16-12-24-28-18(16)25-20(27-9-7-15(22)8-10-27)26-19(28)23-11-14-5-3-4-6-17(14)21/h3-6,12-13,15H,7-11,22H2,1-2H3,(H,23,25,26). The number of halogens is 1. The lowest BCUT2D eigenvalue weighted by molar-refractivity contribution is 0.495. The van der Waals surface area contributed by atoms with Crippen molar-refractivity contribution in [2.75, 3.05) is 23.3 Å². The number of benzene rings is 1. The van der Waals surface area contributed by atoms with Crippen molar-refractivity contribution in [3.05, 3.63) is 46.1 Å². The normalized spacial score (nSPS) is 15.5. The Labute approximate surface area is 173 Å². The second-order valence-electron chi connectivity index (χ2n) is 7.61. The molecule has 3 N–H and O–H groups in total. The Hall–Kier alpha value is -2.19. The molecular weight excluding hydrogens is 418 g/mol. The molecule has 0 amide bonds. The van der Waals surface area contributed by atoms with Crippen LogP contribution in [0.25, 0.3) is 5.65 Å². The van der Waals surface area contributed by atoms with Crippen molar-refractivity contribution in [3.8, 4) is 0 Å². The number of fused-ring (bicyclic) bond motifs is 1. The zero-order valence-electron chi connectivity index (χ0n) is 16.3. The molecule has 0 saturated carbocycles. The Balaban J connectivity index is 1.70. The molecule has 4 rings (SSSR count). The summed E-state index contributed by atoms with van der Waals surface area (Å²) in [4.78, 5) is 11.9. The lowest BCUT2D eigenvalue weighted by Gasteiger charge is -2.30. The fourth-order valence-corrected chi connectivity index (χ4v) is 3.89. The summed E-state index contributed by atoms with van der Waals surface area (Å²) in [6, 6.07) is 8.45. The van der Waals surface area contributed by atoms with E-state index in [0.29, 0.717) is 18.4 Å². The molecule has 0 bridgehead atoms. The van der Waals surface area contributed by atoms with Crippen LogP contribution >= 0.6 is 15.9 Å². The monoisotopic (exact) mass is 443 g/mol. The van der Waals surface area contributed by atoms with Gasteiger partial charge >= 0.3 is 0 Å². The van der Waals surface area contributed by atoms with Gasteiger partial charge in [0.15, 0.2) is 5.65 Å². The predicted molar refractivity (Wildman–Crippen MR) is 116 cm³/mol. The van der Waals surface area contributed by atoms with Crippen molar-refractivity contribution in [2.24, 2.45) is 5.73 Å². The lowest BCUT2D eigenvalue weighted by atomic mass is 10.1. The Bertz CT molecular complexity index is 960. The van der Waals surface area contributed by atoms with Crippen LogP contribution in [0.5, 0.6) is 0 Å². The molecule has 8 heteroatoms. The molecule has 1 aliphatic rings. The molecule has 2 aromatic heterocycles. The smallest absolute Gasteiger partial charge is 0.230 e. The van der Waals surface area contributed by atoms with Crippen molar-refractivity contribution in [1.82, 2.24) is 19.6 Å². The zero-order valence-corrected chi connectivity index (χ0v) is 17.9. The molecule has 28 heavy (non-hydrogen) atoms. The van der Waals surface area contributed by atoms with Gasteiger partial charge in [-0.05, 0) is 30.4 Å². The Kier molecular flexibility index (Phi) is 5.50. The van der Waals surface area contributed by atoms with Crippen LogP contribution in [0.15, 0.2) is 34.9 Å². The SMILES string of the molecule is CC(C)c1cnn2c(NCc3ccccc3Br)nc(N3CCC(N)CC3)nc12. The Morgan fingerprint density at radius 1 is 1.21 bits per heavy atom. The quantitative estimate of drug-likeness (QED) is 0.626. The summed E-state index contributed by atoms with van der Waals surface area (Å²) in [7, 11) is 0. The zero-order chi connectivity index (χ0) is 19.7. The molecule has 0 aliphatic carbocycles. The van der Waals surface area contributed by atoms with E-state index < -0.39 is 0 Å². The number of rotatable bonds is 5. The number of nitrogens with zero attached hydrogens (tertiary/aromatic N) is 5. The van der Waals surface area contributed by atoms with Gasteiger partial charge in [-0.2, -0.15) is 19.6 Å². The largest absolute Gasteiger partial charge is 0.350 e. The van der Waals surface area contributed by atoms with Crippen LogP contribution in [0, 0.1) is 0 Å². The topological polar surface area (TPSA) is 84.4 Å². The first-order valence-corrected chi connectivity index (χ1v) is 10.6. The molecule has 1 saturated heterocycles. The van der Waals surface area contributed by atoms with Gasteiger partial charge in [0.25, 0.3) is 0 Å². The molecule has 0 radical (unpaired) electrons. The molecule has 0 spiro atoms. The van der Waals surface area contributed by atoms with E-state index in [-0.39, 0.29) is 6.04 Å². The molecule has 3 aromatic rings. The van der Waals surface area contributed by atoms with Crippen LogP contribution in [0.1, 0.15) is 43.7 Å². The van der Waals surface area contributed by atoms with E-state index in [4.69, 9.17) is 15.7 Å². The second-order valence-corrected chi connectivity index (χ2v) is 8.46. The van der Waals surface area contributed by atoms with E-state index >= 15 is 0 Å². The third-order valence-electron chi connectivity index (χ3n) is 5.22. The maximum absolute atomic E-state index is 6.07. The van der Waals surface area contributed by atoms with Crippen LogP contribution in [0.4, 0.5) is 11.9 Å². The fraction of sp³-hybridized carbons (Fsp3) is 0.450. The van der Waals surface area contributed by atoms with Crippen LogP contribution in [0.2, 0.25) is 0 Å². The van der Waals surface area contributed by atoms with Gasteiger partial charge in [0.05, 0.1) is 6.20 Å². The number of hydrogen-bond acceptors (Lipinski definition) is 6. The molecule has 1 aliphatic heterocycles. The minimum Gasteiger partial charge on any atom is -0.350 e. The predicted octanol–water partition coefficient (Wildman–Crippen LogP) is 3.55. The average molecular weight is 444 g/mol. The summed E-state index contributed by atoms with van der Waals surface area (Å²) in [6.45, 7) is 6.73. The maximum atomic E-state index is 6.07. The van der Waals surface area contributed by atoms with E-state index in [0.717, 1.165) is 53.1 Å². The first-order valence-electron chi connectivity index (χ1n) is 9.76. The molecule has 3 heterocycles. The van der Waals surface area contributed by atoms with E-state index in [9.17, 15) is 0 Å². The molecular formula is C20H26BrN7. The molecule has 1 aromatic carbocycles. The Morgan fingerprint density at radius 2 is 1.96 bits per heavy atom. The highest BCUT2D eigenvalue weighted by atomic mass is 79.9. The first-order chi connectivity index (χ1) is 13.5. The summed E-state index contributed by atoms with van der Waals surface area (Å²) >= 11 is 3.61. The van der Waals surface area contributed by atoms with Gasteiger partial charge in [-0.15, -0.1) is 0 Å². The van der Waals surface area contributed by atoms with Gasteiger partial charge in [-0.3, -0.25) is 0 Å². The average Bonchev–Trinajstić information content (AvgIpc) is 3.12. The first kappa shape index (κ1) is 19.1. The van der Waals surface area contributed by atoms with Crippen molar-refractivity contribution in [2.45, 2.75) is 45.2 Å². The number of aromatic nitrogens is 4. The summed E-state index contributed by atoms with van der Waals surface area (Å²) < 4.78 is 2.88. The highest BCUT2D eigenvalue weighted by Gasteiger charge is 2.22. The minimum absolute atomic E-state index is 0.272. The molecule has 148 valence electrons. The number of piperidine rings is 1. The fourth-order valence-electron chi connectivity index (χ4n) is 3.46. The van der Waals surface area contributed by atoms with Gasteiger partial charge in [-0.25, -0.2) is 0 Å². The highest BCUT2D eigenvalue weighted by Crippen LogP contribution is 2.25. The number of nitrogens with two attached hydrogens (primary N) is 1. The molecule has 1 fully saturated rings. The highest BCUT2D eigenvalue weighted by molar-refractivity contribution is 9.10.